The molecule has 0 amide bonds. The molecular formula is C14H19ClN2S2. The molecule has 2 aromatic heterocycles. The second kappa shape index (κ2) is 6.84. The average Bonchev–Trinajstić information content (AvgIpc) is 3.05. The Morgan fingerprint density at radius 2 is 2.11 bits per heavy atom. The van der Waals surface area contributed by atoms with Crippen molar-refractivity contribution in [3.63, 3.8) is 0 Å². The summed E-state index contributed by atoms with van der Waals surface area (Å²) in [5, 5.41) is 5.34. The minimum Gasteiger partial charge on any atom is -0.287 e. The second-order valence-electron chi connectivity index (χ2n) is 4.83. The van der Waals surface area contributed by atoms with E-state index in [1.807, 2.05) is 11.3 Å². The molecule has 0 N–H and O–H groups in total. The summed E-state index contributed by atoms with van der Waals surface area (Å²) in [5.41, 5.74) is 0.980. The molecule has 0 aliphatic rings. The molecule has 2 aromatic rings. The van der Waals surface area contributed by atoms with Crippen LogP contribution in [-0.2, 0) is 12.4 Å². The van der Waals surface area contributed by atoms with Crippen molar-refractivity contribution in [1.82, 2.24) is 9.88 Å². The third-order valence-electron chi connectivity index (χ3n) is 3.14. The SMILES string of the molecule is CC(C)N(Cc1cccs1)C(C)c1nc(CCl)cs1. The molecule has 1 atom stereocenters. The van der Waals surface area contributed by atoms with E-state index >= 15 is 0 Å². The van der Waals surface area contributed by atoms with Gasteiger partial charge in [0, 0.05) is 22.8 Å². The fraction of sp³-hybridized carbons (Fsp3) is 0.500. The number of thiophene rings is 1. The number of alkyl halides is 1. The Morgan fingerprint density at radius 1 is 1.32 bits per heavy atom. The standard InChI is InChI=1S/C14H19ClN2S2/c1-10(2)17(8-13-5-4-6-18-13)11(3)14-16-12(7-15)9-19-14/h4-6,9-11H,7-8H2,1-3H3. The fourth-order valence-electron chi connectivity index (χ4n) is 2.07. The van der Waals surface area contributed by atoms with Gasteiger partial charge in [0.25, 0.3) is 0 Å². The number of halogens is 1. The lowest BCUT2D eigenvalue weighted by Gasteiger charge is -2.31. The summed E-state index contributed by atoms with van der Waals surface area (Å²) in [6, 6.07) is 5.11. The third-order valence-corrected chi connectivity index (χ3v) is 5.34. The van der Waals surface area contributed by atoms with Crippen LogP contribution in [0.1, 0.15) is 42.4 Å². The predicted molar refractivity (Wildman–Crippen MR) is 85.1 cm³/mol. The minimum atomic E-state index is 0.323. The first kappa shape index (κ1) is 15.0. The molecular weight excluding hydrogens is 296 g/mol. The van der Waals surface area contributed by atoms with Gasteiger partial charge in [0.05, 0.1) is 17.6 Å². The highest BCUT2D eigenvalue weighted by molar-refractivity contribution is 7.10. The molecule has 2 nitrogen and oxygen atoms in total. The van der Waals surface area contributed by atoms with Crippen LogP contribution in [-0.4, -0.2) is 15.9 Å². The zero-order valence-electron chi connectivity index (χ0n) is 11.5. The van der Waals surface area contributed by atoms with E-state index in [0.29, 0.717) is 18.0 Å². The van der Waals surface area contributed by atoms with Crippen molar-refractivity contribution in [1.29, 1.82) is 0 Å². The van der Waals surface area contributed by atoms with Gasteiger partial charge >= 0.3 is 0 Å². The number of thiazole rings is 1. The maximum absolute atomic E-state index is 5.83. The van der Waals surface area contributed by atoms with Crippen molar-refractivity contribution in [2.75, 3.05) is 0 Å². The summed E-state index contributed by atoms with van der Waals surface area (Å²) in [5.74, 6) is 0.496. The zero-order chi connectivity index (χ0) is 13.8. The molecule has 0 saturated heterocycles. The van der Waals surface area contributed by atoms with E-state index in [9.17, 15) is 0 Å². The number of rotatable bonds is 6. The van der Waals surface area contributed by atoms with Gasteiger partial charge in [0.15, 0.2) is 0 Å². The molecule has 0 radical (unpaired) electrons. The molecule has 5 heteroatoms. The summed E-state index contributed by atoms with van der Waals surface area (Å²) in [7, 11) is 0. The van der Waals surface area contributed by atoms with E-state index < -0.39 is 0 Å². The van der Waals surface area contributed by atoms with Crippen molar-refractivity contribution in [3.8, 4) is 0 Å². The van der Waals surface area contributed by atoms with Gasteiger partial charge < -0.3 is 0 Å². The Morgan fingerprint density at radius 3 is 2.63 bits per heavy atom. The predicted octanol–water partition coefficient (Wildman–Crippen LogP) is 4.92. The summed E-state index contributed by atoms with van der Waals surface area (Å²) < 4.78 is 0. The quantitative estimate of drug-likeness (QED) is 0.704. The zero-order valence-corrected chi connectivity index (χ0v) is 13.9. The largest absolute Gasteiger partial charge is 0.287 e. The Balaban J connectivity index is 2.13. The van der Waals surface area contributed by atoms with Gasteiger partial charge in [-0.15, -0.1) is 34.3 Å². The first-order valence-electron chi connectivity index (χ1n) is 6.40. The van der Waals surface area contributed by atoms with Crippen molar-refractivity contribution in [2.45, 2.75) is 45.3 Å². The maximum Gasteiger partial charge on any atom is 0.110 e. The van der Waals surface area contributed by atoms with Gasteiger partial charge in [-0.25, -0.2) is 4.98 Å². The average molecular weight is 315 g/mol. The number of aromatic nitrogens is 1. The first-order valence-corrected chi connectivity index (χ1v) is 8.69. The van der Waals surface area contributed by atoms with Crippen LogP contribution in [0.5, 0.6) is 0 Å². The van der Waals surface area contributed by atoms with E-state index in [2.05, 4.69) is 53.5 Å². The van der Waals surface area contributed by atoms with E-state index in [4.69, 9.17) is 11.6 Å². The van der Waals surface area contributed by atoms with E-state index in [0.717, 1.165) is 17.2 Å². The van der Waals surface area contributed by atoms with Crippen LogP contribution in [0.15, 0.2) is 22.9 Å². The van der Waals surface area contributed by atoms with Gasteiger partial charge in [0.1, 0.15) is 5.01 Å². The topological polar surface area (TPSA) is 16.1 Å². The molecule has 2 rings (SSSR count). The second-order valence-corrected chi connectivity index (χ2v) is 7.02. The van der Waals surface area contributed by atoms with E-state index in [1.165, 1.54) is 4.88 Å². The lowest BCUT2D eigenvalue weighted by Crippen LogP contribution is -2.32. The summed E-state index contributed by atoms with van der Waals surface area (Å²) in [6.45, 7) is 7.68. The number of hydrogen-bond acceptors (Lipinski definition) is 4. The highest BCUT2D eigenvalue weighted by Crippen LogP contribution is 2.28. The fourth-order valence-corrected chi connectivity index (χ4v) is 3.90. The van der Waals surface area contributed by atoms with Gasteiger partial charge in [0.2, 0.25) is 0 Å². The molecule has 1 unspecified atom stereocenters. The Labute approximate surface area is 128 Å². The van der Waals surface area contributed by atoms with Crippen molar-refractivity contribution in [3.05, 3.63) is 38.5 Å². The smallest absolute Gasteiger partial charge is 0.110 e. The van der Waals surface area contributed by atoms with Gasteiger partial charge in [-0.2, -0.15) is 0 Å². The first-order chi connectivity index (χ1) is 9.11. The molecule has 0 aliphatic carbocycles. The molecule has 2 heterocycles. The van der Waals surface area contributed by atoms with Crippen molar-refractivity contribution in [2.24, 2.45) is 0 Å². The summed E-state index contributed by atoms with van der Waals surface area (Å²) >= 11 is 9.35. The van der Waals surface area contributed by atoms with Crippen LogP contribution in [0, 0.1) is 0 Å². The minimum absolute atomic E-state index is 0.323. The molecule has 0 aliphatic heterocycles. The number of nitrogens with zero attached hydrogens (tertiary/aromatic N) is 2. The highest BCUT2D eigenvalue weighted by atomic mass is 35.5. The van der Waals surface area contributed by atoms with Crippen LogP contribution >= 0.6 is 34.3 Å². The van der Waals surface area contributed by atoms with Crippen molar-refractivity contribution < 1.29 is 0 Å². The summed E-state index contributed by atoms with van der Waals surface area (Å²) in [4.78, 5) is 8.48. The lowest BCUT2D eigenvalue weighted by molar-refractivity contribution is 0.156. The van der Waals surface area contributed by atoms with E-state index in [-0.39, 0.29) is 0 Å². The van der Waals surface area contributed by atoms with Crippen LogP contribution in [0.3, 0.4) is 0 Å². The molecule has 0 spiro atoms. The summed E-state index contributed by atoms with van der Waals surface area (Å²) in [6.07, 6.45) is 0. The molecule has 0 saturated carbocycles. The highest BCUT2D eigenvalue weighted by Gasteiger charge is 2.21. The molecule has 0 bridgehead atoms. The molecule has 0 aromatic carbocycles. The van der Waals surface area contributed by atoms with Gasteiger partial charge in [-0.05, 0) is 32.2 Å². The monoisotopic (exact) mass is 314 g/mol. The Kier molecular flexibility index (Phi) is 5.39. The van der Waals surface area contributed by atoms with Crippen LogP contribution in [0.25, 0.3) is 0 Å². The molecule has 0 fully saturated rings. The van der Waals surface area contributed by atoms with E-state index in [1.54, 1.807) is 11.3 Å². The van der Waals surface area contributed by atoms with Crippen LogP contribution in [0.4, 0.5) is 0 Å². The number of hydrogen-bond donors (Lipinski definition) is 0. The van der Waals surface area contributed by atoms with Crippen LogP contribution in [0.2, 0.25) is 0 Å². The lowest BCUT2D eigenvalue weighted by atomic mass is 10.2. The van der Waals surface area contributed by atoms with Gasteiger partial charge in [-0.3, -0.25) is 4.90 Å². The molecule has 104 valence electrons. The Bertz CT molecular complexity index is 493. The Hall–Kier alpha value is -0.420. The normalized spacial score (nSPS) is 13.4. The third kappa shape index (κ3) is 3.78. The molecule has 19 heavy (non-hydrogen) atoms. The van der Waals surface area contributed by atoms with Gasteiger partial charge in [-0.1, -0.05) is 6.07 Å². The van der Waals surface area contributed by atoms with Crippen LogP contribution < -0.4 is 0 Å². The van der Waals surface area contributed by atoms with Crippen molar-refractivity contribution >= 4 is 34.3 Å². The maximum atomic E-state index is 5.83.